The standard InChI is InChI=1S/C11H15BrClNO2S/c1-11(2,10(15)16-3)5-7(14)8-4-6(13)9(12)17-8/h4,7H,5,14H2,1-3H3. The molecule has 6 heteroatoms. The predicted octanol–water partition coefficient (Wildman–Crippen LogP) is 3.75. The molecule has 0 spiro atoms. The van der Waals surface area contributed by atoms with Crippen LogP contribution >= 0.6 is 38.9 Å². The Kier molecular flexibility index (Phi) is 5.01. The first kappa shape index (κ1) is 15.0. The van der Waals surface area contributed by atoms with Crippen LogP contribution in [0.2, 0.25) is 5.02 Å². The number of hydrogen-bond donors (Lipinski definition) is 1. The topological polar surface area (TPSA) is 52.3 Å². The van der Waals surface area contributed by atoms with Gasteiger partial charge in [-0.1, -0.05) is 11.6 Å². The lowest BCUT2D eigenvalue weighted by molar-refractivity contribution is -0.151. The van der Waals surface area contributed by atoms with Crippen LogP contribution in [-0.2, 0) is 9.53 Å². The predicted molar refractivity (Wildman–Crippen MR) is 74.4 cm³/mol. The second kappa shape index (κ2) is 5.69. The highest BCUT2D eigenvalue weighted by Crippen LogP contribution is 2.38. The average Bonchev–Trinajstić information content (AvgIpc) is 2.57. The monoisotopic (exact) mass is 339 g/mol. The minimum Gasteiger partial charge on any atom is -0.469 e. The molecule has 0 bridgehead atoms. The molecule has 17 heavy (non-hydrogen) atoms. The molecule has 0 saturated carbocycles. The molecular formula is C11H15BrClNO2S. The first-order chi connectivity index (χ1) is 7.77. The summed E-state index contributed by atoms with van der Waals surface area (Å²) < 4.78 is 5.62. The number of rotatable bonds is 4. The van der Waals surface area contributed by atoms with Crippen molar-refractivity contribution in [1.29, 1.82) is 0 Å². The molecule has 1 heterocycles. The number of ether oxygens (including phenoxy) is 1. The molecule has 0 aliphatic heterocycles. The van der Waals surface area contributed by atoms with Crippen LogP contribution in [0.4, 0.5) is 0 Å². The van der Waals surface area contributed by atoms with Gasteiger partial charge in [-0.2, -0.15) is 0 Å². The van der Waals surface area contributed by atoms with E-state index in [-0.39, 0.29) is 12.0 Å². The maximum absolute atomic E-state index is 11.6. The molecule has 0 saturated heterocycles. The number of carbonyl (C=O) groups is 1. The van der Waals surface area contributed by atoms with Crippen LogP contribution in [0.25, 0.3) is 0 Å². The summed E-state index contributed by atoms with van der Waals surface area (Å²) >= 11 is 10.8. The van der Waals surface area contributed by atoms with E-state index in [4.69, 9.17) is 22.1 Å². The molecule has 1 atom stereocenters. The Bertz CT molecular complexity index is 400. The van der Waals surface area contributed by atoms with Crippen LogP contribution in [0.5, 0.6) is 0 Å². The van der Waals surface area contributed by atoms with Gasteiger partial charge in [0, 0.05) is 10.9 Å². The Morgan fingerprint density at radius 1 is 1.71 bits per heavy atom. The van der Waals surface area contributed by atoms with Gasteiger partial charge in [0.15, 0.2) is 0 Å². The fourth-order valence-electron chi connectivity index (χ4n) is 1.56. The molecule has 1 aromatic heterocycles. The third-order valence-corrected chi connectivity index (χ3v) is 5.10. The zero-order valence-electron chi connectivity index (χ0n) is 9.92. The second-order valence-electron chi connectivity index (χ2n) is 4.46. The van der Waals surface area contributed by atoms with Crippen molar-refractivity contribution < 1.29 is 9.53 Å². The van der Waals surface area contributed by atoms with E-state index in [1.165, 1.54) is 18.4 Å². The molecule has 3 nitrogen and oxygen atoms in total. The average molecular weight is 341 g/mol. The van der Waals surface area contributed by atoms with Gasteiger partial charge in [0.2, 0.25) is 0 Å². The lowest BCUT2D eigenvalue weighted by atomic mass is 9.85. The van der Waals surface area contributed by atoms with Crippen molar-refractivity contribution >= 4 is 44.8 Å². The van der Waals surface area contributed by atoms with Gasteiger partial charge in [-0.25, -0.2) is 0 Å². The molecule has 1 rings (SSSR count). The van der Waals surface area contributed by atoms with E-state index in [1.54, 1.807) is 0 Å². The molecule has 2 N–H and O–H groups in total. The fraction of sp³-hybridized carbons (Fsp3) is 0.545. The zero-order valence-corrected chi connectivity index (χ0v) is 13.1. The van der Waals surface area contributed by atoms with E-state index >= 15 is 0 Å². The van der Waals surface area contributed by atoms with E-state index in [9.17, 15) is 4.79 Å². The third-order valence-electron chi connectivity index (χ3n) is 2.50. The third kappa shape index (κ3) is 3.68. The summed E-state index contributed by atoms with van der Waals surface area (Å²) in [5.41, 5.74) is 5.48. The van der Waals surface area contributed by atoms with Crippen LogP contribution in [0.3, 0.4) is 0 Å². The van der Waals surface area contributed by atoms with Crippen LogP contribution in [0.15, 0.2) is 9.85 Å². The van der Waals surface area contributed by atoms with Gasteiger partial charge in [-0.15, -0.1) is 11.3 Å². The highest BCUT2D eigenvalue weighted by atomic mass is 79.9. The number of halogens is 2. The van der Waals surface area contributed by atoms with Crippen molar-refractivity contribution in [2.45, 2.75) is 26.3 Å². The lowest BCUT2D eigenvalue weighted by Gasteiger charge is -2.24. The first-order valence-electron chi connectivity index (χ1n) is 5.06. The zero-order chi connectivity index (χ0) is 13.2. The number of hydrogen-bond acceptors (Lipinski definition) is 4. The highest BCUT2D eigenvalue weighted by Gasteiger charge is 2.31. The van der Waals surface area contributed by atoms with E-state index in [0.717, 1.165) is 8.66 Å². The van der Waals surface area contributed by atoms with Gasteiger partial charge in [-0.05, 0) is 42.3 Å². The molecule has 1 unspecified atom stereocenters. The van der Waals surface area contributed by atoms with Gasteiger partial charge in [-0.3, -0.25) is 4.79 Å². The number of nitrogens with two attached hydrogens (primary N) is 1. The Labute approximate surface area is 118 Å². The summed E-state index contributed by atoms with van der Waals surface area (Å²) in [6.45, 7) is 3.64. The maximum atomic E-state index is 11.6. The van der Waals surface area contributed by atoms with Crippen LogP contribution in [-0.4, -0.2) is 13.1 Å². The summed E-state index contributed by atoms with van der Waals surface area (Å²) in [7, 11) is 1.38. The SMILES string of the molecule is COC(=O)C(C)(C)CC(N)c1cc(Cl)c(Br)s1. The van der Waals surface area contributed by atoms with Crippen LogP contribution < -0.4 is 5.73 Å². The highest BCUT2D eigenvalue weighted by molar-refractivity contribution is 9.11. The fourth-order valence-corrected chi connectivity index (χ4v) is 3.30. The largest absolute Gasteiger partial charge is 0.469 e. The molecule has 0 fully saturated rings. The summed E-state index contributed by atoms with van der Waals surface area (Å²) in [6.07, 6.45) is 0.517. The molecule has 0 aliphatic rings. The van der Waals surface area contributed by atoms with Crippen molar-refractivity contribution in [1.82, 2.24) is 0 Å². The number of thiophene rings is 1. The van der Waals surface area contributed by atoms with Gasteiger partial charge in [0.1, 0.15) is 0 Å². The van der Waals surface area contributed by atoms with Gasteiger partial charge >= 0.3 is 5.97 Å². The van der Waals surface area contributed by atoms with Crippen molar-refractivity contribution in [3.63, 3.8) is 0 Å². The smallest absolute Gasteiger partial charge is 0.311 e. The van der Waals surface area contributed by atoms with Gasteiger partial charge in [0.25, 0.3) is 0 Å². The van der Waals surface area contributed by atoms with E-state index in [1.807, 2.05) is 19.9 Å². The molecule has 0 aromatic carbocycles. The van der Waals surface area contributed by atoms with Crippen molar-refractivity contribution in [2.75, 3.05) is 7.11 Å². The molecule has 0 aliphatic carbocycles. The van der Waals surface area contributed by atoms with E-state index in [0.29, 0.717) is 11.4 Å². The normalized spacial score (nSPS) is 13.5. The van der Waals surface area contributed by atoms with Crippen molar-refractivity contribution in [3.8, 4) is 0 Å². The first-order valence-corrected chi connectivity index (χ1v) is 7.05. The molecule has 1 aromatic rings. The minimum absolute atomic E-state index is 0.224. The van der Waals surface area contributed by atoms with E-state index in [2.05, 4.69) is 15.9 Å². The van der Waals surface area contributed by atoms with Gasteiger partial charge in [0.05, 0.1) is 21.3 Å². The Balaban J connectivity index is 2.78. The molecule has 96 valence electrons. The van der Waals surface area contributed by atoms with Crippen LogP contribution in [0.1, 0.15) is 31.2 Å². The summed E-state index contributed by atoms with van der Waals surface area (Å²) in [5.74, 6) is -0.255. The number of esters is 1. The van der Waals surface area contributed by atoms with Crippen LogP contribution in [0, 0.1) is 5.41 Å². The molecular weight excluding hydrogens is 326 g/mol. The summed E-state index contributed by atoms with van der Waals surface area (Å²) in [5, 5.41) is 0.649. The number of carbonyl (C=O) groups excluding carboxylic acids is 1. The Morgan fingerprint density at radius 2 is 2.29 bits per heavy atom. The van der Waals surface area contributed by atoms with E-state index < -0.39 is 5.41 Å². The van der Waals surface area contributed by atoms with Crippen molar-refractivity contribution in [2.24, 2.45) is 11.1 Å². The Morgan fingerprint density at radius 3 is 2.71 bits per heavy atom. The quantitative estimate of drug-likeness (QED) is 0.849. The lowest BCUT2D eigenvalue weighted by Crippen LogP contribution is -2.29. The second-order valence-corrected chi connectivity index (χ2v) is 7.27. The van der Waals surface area contributed by atoms with Gasteiger partial charge < -0.3 is 10.5 Å². The molecule has 0 radical (unpaired) electrons. The summed E-state index contributed by atoms with van der Waals surface area (Å²) in [4.78, 5) is 12.5. The summed E-state index contributed by atoms with van der Waals surface area (Å²) in [6, 6.07) is 1.60. The maximum Gasteiger partial charge on any atom is 0.311 e. The molecule has 0 amide bonds. The minimum atomic E-state index is -0.600. The number of methoxy groups -OCH3 is 1. The van der Waals surface area contributed by atoms with Crippen molar-refractivity contribution in [3.05, 3.63) is 19.8 Å². The Hall–Kier alpha value is -0.100.